The molecule has 0 aliphatic carbocycles. The summed E-state index contributed by atoms with van der Waals surface area (Å²) < 4.78 is 6.27. The summed E-state index contributed by atoms with van der Waals surface area (Å²) in [5.74, 6) is 2.13. The monoisotopic (exact) mass is 337 g/mol. The molecule has 6 heteroatoms. The van der Waals surface area contributed by atoms with Gasteiger partial charge in [0.1, 0.15) is 0 Å². The van der Waals surface area contributed by atoms with E-state index in [-0.39, 0.29) is 0 Å². The van der Waals surface area contributed by atoms with E-state index in [1.807, 2.05) is 26.0 Å². The zero-order chi connectivity index (χ0) is 13.8. The summed E-state index contributed by atoms with van der Waals surface area (Å²) in [4.78, 5) is 4.34. The number of halogens is 1. The van der Waals surface area contributed by atoms with Crippen molar-refractivity contribution in [2.45, 2.75) is 19.6 Å². The number of rotatable bonds is 4. The zero-order valence-corrected chi connectivity index (χ0v) is 13.0. The average Bonchev–Trinajstić information content (AvgIpc) is 2.84. The van der Waals surface area contributed by atoms with E-state index >= 15 is 0 Å². The first-order valence-corrected chi connectivity index (χ1v) is 7.61. The standard InChI is InChI=1S/C13H12BrN3OS/c1-8-5-10(6-9(2)12(8)14)13-16-11(18-17-13)7-19-4-3-15/h5-6H,4,7H2,1-2H3. The van der Waals surface area contributed by atoms with E-state index in [4.69, 9.17) is 9.78 Å². The number of benzene rings is 1. The lowest BCUT2D eigenvalue weighted by Crippen LogP contribution is -1.88. The Labute approximate surface area is 124 Å². The normalized spacial score (nSPS) is 10.4. The fraction of sp³-hybridized carbons (Fsp3) is 0.308. The summed E-state index contributed by atoms with van der Waals surface area (Å²) in [6, 6.07) is 6.11. The molecule has 4 nitrogen and oxygen atoms in total. The Bertz CT molecular complexity index is 610. The van der Waals surface area contributed by atoms with Crippen LogP contribution in [0, 0.1) is 25.2 Å². The lowest BCUT2D eigenvalue weighted by molar-refractivity contribution is 0.391. The van der Waals surface area contributed by atoms with Crippen LogP contribution in [-0.2, 0) is 5.75 Å². The molecule has 98 valence electrons. The van der Waals surface area contributed by atoms with Gasteiger partial charge in [0.25, 0.3) is 0 Å². The van der Waals surface area contributed by atoms with E-state index in [1.165, 1.54) is 11.8 Å². The molecule has 1 aromatic heterocycles. The van der Waals surface area contributed by atoms with Crippen LogP contribution in [0.15, 0.2) is 21.1 Å². The van der Waals surface area contributed by atoms with Crippen LogP contribution in [0.3, 0.4) is 0 Å². The molecule has 1 heterocycles. The van der Waals surface area contributed by atoms with Gasteiger partial charge in [0.15, 0.2) is 0 Å². The van der Waals surface area contributed by atoms with Gasteiger partial charge < -0.3 is 4.52 Å². The minimum Gasteiger partial charge on any atom is -0.338 e. The highest BCUT2D eigenvalue weighted by atomic mass is 79.9. The van der Waals surface area contributed by atoms with Crippen LogP contribution in [0.1, 0.15) is 17.0 Å². The van der Waals surface area contributed by atoms with Crippen LogP contribution in [0.25, 0.3) is 11.4 Å². The van der Waals surface area contributed by atoms with Gasteiger partial charge in [-0.15, -0.1) is 11.8 Å². The van der Waals surface area contributed by atoms with Gasteiger partial charge in [0.2, 0.25) is 11.7 Å². The molecule has 2 aromatic rings. The van der Waals surface area contributed by atoms with Gasteiger partial charge in [-0.1, -0.05) is 21.1 Å². The third kappa shape index (κ3) is 3.37. The quantitative estimate of drug-likeness (QED) is 0.792. The van der Waals surface area contributed by atoms with Gasteiger partial charge in [0.05, 0.1) is 17.6 Å². The number of thioether (sulfide) groups is 1. The van der Waals surface area contributed by atoms with E-state index in [1.54, 1.807) is 0 Å². The second kappa shape index (κ2) is 6.22. The molecule has 0 amide bonds. The number of hydrogen-bond acceptors (Lipinski definition) is 5. The maximum absolute atomic E-state index is 8.47. The molecule has 0 N–H and O–H groups in total. The predicted octanol–water partition coefficient (Wildman–Crippen LogP) is 3.87. The number of aryl methyl sites for hydroxylation is 2. The molecule has 0 bridgehead atoms. The minimum atomic E-state index is 0.425. The highest BCUT2D eigenvalue weighted by molar-refractivity contribution is 9.10. The Morgan fingerprint density at radius 3 is 2.68 bits per heavy atom. The van der Waals surface area contributed by atoms with Gasteiger partial charge in [0, 0.05) is 10.0 Å². The fourth-order valence-corrected chi connectivity index (χ4v) is 2.40. The van der Waals surface area contributed by atoms with Crippen molar-refractivity contribution in [1.29, 1.82) is 5.26 Å². The topological polar surface area (TPSA) is 62.7 Å². The lowest BCUT2D eigenvalue weighted by atomic mass is 10.1. The molecule has 0 aliphatic heterocycles. The third-order valence-corrected chi connectivity index (χ3v) is 4.59. The van der Waals surface area contributed by atoms with Crippen LogP contribution in [-0.4, -0.2) is 15.9 Å². The van der Waals surface area contributed by atoms with Crippen LogP contribution in [0.5, 0.6) is 0 Å². The highest BCUT2D eigenvalue weighted by Gasteiger charge is 2.11. The molecule has 19 heavy (non-hydrogen) atoms. The van der Waals surface area contributed by atoms with E-state index in [9.17, 15) is 0 Å². The van der Waals surface area contributed by atoms with Crippen molar-refractivity contribution in [2.24, 2.45) is 0 Å². The third-order valence-electron chi connectivity index (χ3n) is 2.55. The lowest BCUT2D eigenvalue weighted by Gasteiger charge is -2.04. The molecule has 0 aliphatic rings. The molecule has 2 rings (SSSR count). The number of aromatic nitrogens is 2. The molecule has 0 atom stereocenters. The number of nitriles is 1. The summed E-state index contributed by atoms with van der Waals surface area (Å²) in [7, 11) is 0. The smallest absolute Gasteiger partial charge is 0.236 e. The van der Waals surface area contributed by atoms with E-state index in [0.717, 1.165) is 21.2 Å². The SMILES string of the molecule is Cc1cc(-c2noc(CSCC#N)n2)cc(C)c1Br. The second-order valence-electron chi connectivity index (χ2n) is 4.09. The summed E-state index contributed by atoms with van der Waals surface area (Å²) in [6.45, 7) is 4.06. The Hall–Kier alpha value is -1.32. The first-order chi connectivity index (χ1) is 9.11. The Morgan fingerprint density at radius 1 is 1.37 bits per heavy atom. The Kier molecular flexibility index (Phi) is 4.61. The van der Waals surface area contributed by atoms with Gasteiger partial charge in [-0.2, -0.15) is 10.2 Å². The predicted molar refractivity (Wildman–Crippen MR) is 78.7 cm³/mol. The Balaban J connectivity index is 2.21. The van der Waals surface area contributed by atoms with E-state index < -0.39 is 0 Å². The minimum absolute atomic E-state index is 0.425. The van der Waals surface area contributed by atoms with Gasteiger partial charge >= 0.3 is 0 Å². The molecule has 0 radical (unpaired) electrons. The molecule has 0 saturated heterocycles. The van der Waals surface area contributed by atoms with Crippen molar-refractivity contribution < 1.29 is 4.52 Å². The summed E-state index contributed by atoms with van der Waals surface area (Å²) >= 11 is 4.99. The highest BCUT2D eigenvalue weighted by Crippen LogP contribution is 2.27. The second-order valence-corrected chi connectivity index (χ2v) is 5.87. The van der Waals surface area contributed by atoms with E-state index in [2.05, 4.69) is 32.1 Å². The fourth-order valence-electron chi connectivity index (χ4n) is 1.69. The van der Waals surface area contributed by atoms with Gasteiger partial charge in [-0.3, -0.25) is 0 Å². The van der Waals surface area contributed by atoms with Crippen molar-refractivity contribution in [2.75, 3.05) is 5.75 Å². The van der Waals surface area contributed by atoms with Gasteiger partial charge in [-0.05, 0) is 37.1 Å². The summed E-state index contributed by atoms with van der Waals surface area (Å²) in [5.41, 5.74) is 3.22. The molecule has 0 unspecified atom stereocenters. The van der Waals surface area contributed by atoms with Crippen molar-refractivity contribution in [3.63, 3.8) is 0 Å². The van der Waals surface area contributed by atoms with Crippen molar-refractivity contribution in [3.8, 4) is 17.5 Å². The molecule has 1 aromatic carbocycles. The number of nitrogens with zero attached hydrogens (tertiary/aromatic N) is 3. The van der Waals surface area contributed by atoms with E-state index in [0.29, 0.717) is 23.2 Å². The summed E-state index contributed by atoms with van der Waals surface area (Å²) in [6.07, 6.45) is 0. The molecular weight excluding hydrogens is 326 g/mol. The Morgan fingerprint density at radius 2 is 2.05 bits per heavy atom. The number of hydrogen-bond donors (Lipinski definition) is 0. The van der Waals surface area contributed by atoms with Crippen LogP contribution >= 0.6 is 27.7 Å². The van der Waals surface area contributed by atoms with Crippen LogP contribution in [0.2, 0.25) is 0 Å². The van der Waals surface area contributed by atoms with Crippen LogP contribution < -0.4 is 0 Å². The largest absolute Gasteiger partial charge is 0.338 e. The van der Waals surface area contributed by atoms with Crippen molar-refractivity contribution in [1.82, 2.24) is 10.1 Å². The molecular formula is C13H12BrN3OS. The zero-order valence-electron chi connectivity index (χ0n) is 10.6. The molecule has 0 spiro atoms. The average molecular weight is 338 g/mol. The van der Waals surface area contributed by atoms with Crippen molar-refractivity contribution in [3.05, 3.63) is 33.6 Å². The van der Waals surface area contributed by atoms with Crippen molar-refractivity contribution >= 4 is 27.7 Å². The summed E-state index contributed by atoms with van der Waals surface area (Å²) in [5, 5.41) is 12.5. The molecule has 0 saturated carbocycles. The maximum Gasteiger partial charge on any atom is 0.236 e. The first kappa shape index (κ1) is 14.1. The first-order valence-electron chi connectivity index (χ1n) is 5.66. The maximum atomic E-state index is 8.47. The van der Waals surface area contributed by atoms with Gasteiger partial charge in [-0.25, -0.2) is 0 Å². The molecule has 0 fully saturated rings. The van der Waals surface area contributed by atoms with Crippen LogP contribution in [0.4, 0.5) is 0 Å².